The first-order valence-electron chi connectivity index (χ1n) is 3.03. The Balaban J connectivity index is 3.17. The van der Waals surface area contributed by atoms with Gasteiger partial charge < -0.3 is 5.11 Å². The predicted octanol–water partition coefficient (Wildman–Crippen LogP) is 0.516. The molecule has 0 amide bonds. The van der Waals surface area contributed by atoms with Gasteiger partial charge in [-0.3, -0.25) is 4.79 Å². The molecule has 0 aliphatic carbocycles. The predicted molar refractivity (Wildman–Crippen MR) is 35.7 cm³/mol. The Morgan fingerprint density at radius 2 is 2.25 bits per heavy atom. The van der Waals surface area contributed by atoms with Crippen molar-refractivity contribution in [2.45, 2.75) is 6.92 Å². The average molecular weight is 172 g/mol. The lowest BCUT2D eigenvalue weighted by atomic mass is 10.3. The molecule has 1 aromatic rings. The number of aromatic carboxylic acids is 1. The van der Waals surface area contributed by atoms with E-state index < -0.39 is 17.4 Å². The fourth-order valence-electron chi connectivity index (χ4n) is 0.673. The summed E-state index contributed by atoms with van der Waals surface area (Å²) in [6, 6.07) is 0.880. The van der Waals surface area contributed by atoms with Gasteiger partial charge in [0, 0.05) is 13.0 Å². The van der Waals surface area contributed by atoms with E-state index in [1.165, 1.54) is 6.92 Å². The Labute approximate surface area is 66.4 Å². The van der Waals surface area contributed by atoms with Gasteiger partial charge in [-0.2, -0.15) is 0 Å². The van der Waals surface area contributed by atoms with Crippen molar-refractivity contribution in [1.82, 2.24) is 10.0 Å². The minimum Gasteiger partial charge on any atom is -0.476 e. The second-order valence-corrected chi connectivity index (χ2v) is 2.14. The van der Waals surface area contributed by atoms with Gasteiger partial charge in [0.15, 0.2) is 11.5 Å². The molecule has 0 bridgehead atoms. The molecule has 0 atom stereocenters. The summed E-state index contributed by atoms with van der Waals surface area (Å²) in [4.78, 5) is 20.5. The van der Waals surface area contributed by atoms with E-state index in [-0.39, 0.29) is 10.6 Å². The van der Waals surface area contributed by atoms with E-state index in [2.05, 4.69) is 5.10 Å². The van der Waals surface area contributed by atoms with Gasteiger partial charge in [-0.05, 0) is 0 Å². The Bertz CT molecular complexity index is 345. The SMILES string of the molecule is CC(=O)c1cc(C(=O)O)n(F)n1. The number of aromatic nitrogens is 2. The molecule has 0 radical (unpaired) electrons. The number of carboxylic acid groups (broad SMARTS) is 1. The first-order valence-corrected chi connectivity index (χ1v) is 3.03. The lowest BCUT2D eigenvalue weighted by molar-refractivity contribution is 0.0667. The highest BCUT2D eigenvalue weighted by Crippen LogP contribution is 2.04. The first-order chi connectivity index (χ1) is 5.52. The van der Waals surface area contributed by atoms with E-state index in [4.69, 9.17) is 5.11 Å². The van der Waals surface area contributed by atoms with Gasteiger partial charge in [-0.1, -0.05) is 9.39 Å². The molecule has 0 saturated heterocycles. The van der Waals surface area contributed by atoms with Gasteiger partial charge in [-0.15, -0.1) is 5.10 Å². The minimum atomic E-state index is -1.46. The summed E-state index contributed by atoms with van der Waals surface area (Å²) in [5.41, 5.74) is -0.852. The molecule has 5 nitrogen and oxygen atoms in total. The number of carbonyl (C=O) groups is 2. The van der Waals surface area contributed by atoms with Crippen LogP contribution < -0.4 is 0 Å². The van der Waals surface area contributed by atoms with Crippen LogP contribution in [0.15, 0.2) is 6.07 Å². The molecule has 0 aliphatic heterocycles. The number of nitrogens with zero attached hydrogens (tertiary/aromatic N) is 2. The van der Waals surface area contributed by atoms with Crippen molar-refractivity contribution in [2.75, 3.05) is 0 Å². The summed E-state index contributed by atoms with van der Waals surface area (Å²) in [7, 11) is 0. The van der Waals surface area contributed by atoms with Crippen LogP contribution in [-0.2, 0) is 0 Å². The minimum absolute atomic E-state index is 0.199. The lowest BCUT2D eigenvalue weighted by Crippen LogP contribution is -2.01. The van der Waals surface area contributed by atoms with E-state index in [1.54, 1.807) is 0 Å². The second-order valence-electron chi connectivity index (χ2n) is 2.14. The molecule has 1 aromatic heterocycles. The number of hydrogen-bond acceptors (Lipinski definition) is 3. The Hall–Kier alpha value is -1.72. The van der Waals surface area contributed by atoms with Crippen molar-refractivity contribution in [3.8, 4) is 0 Å². The lowest BCUT2D eigenvalue weighted by Gasteiger charge is -1.85. The molecule has 0 unspecified atom stereocenters. The highest BCUT2D eigenvalue weighted by molar-refractivity contribution is 5.95. The number of rotatable bonds is 2. The summed E-state index contributed by atoms with van der Waals surface area (Å²) >= 11 is 0. The van der Waals surface area contributed by atoms with Crippen LogP contribution in [0.2, 0.25) is 0 Å². The summed E-state index contributed by atoms with van der Waals surface area (Å²) < 4.78 is 12.5. The van der Waals surface area contributed by atoms with Crippen molar-refractivity contribution in [3.05, 3.63) is 17.5 Å². The molecular weight excluding hydrogens is 167 g/mol. The largest absolute Gasteiger partial charge is 0.476 e. The van der Waals surface area contributed by atoms with Crippen LogP contribution in [0.25, 0.3) is 0 Å². The monoisotopic (exact) mass is 172 g/mol. The van der Waals surface area contributed by atoms with E-state index in [9.17, 15) is 14.1 Å². The van der Waals surface area contributed by atoms with E-state index in [1.807, 2.05) is 0 Å². The maximum Gasteiger partial charge on any atom is 0.357 e. The third-order valence-electron chi connectivity index (χ3n) is 1.25. The molecule has 1 heterocycles. The smallest absolute Gasteiger partial charge is 0.357 e. The highest BCUT2D eigenvalue weighted by atomic mass is 19.2. The van der Waals surface area contributed by atoms with E-state index in [0.717, 1.165) is 6.07 Å². The van der Waals surface area contributed by atoms with Crippen LogP contribution in [0.4, 0.5) is 4.48 Å². The maximum absolute atomic E-state index is 12.5. The number of carbonyl (C=O) groups excluding carboxylic acids is 1. The van der Waals surface area contributed by atoms with E-state index in [0.29, 0.717) is 0 Å². The zero-order chi connectivity index (χ0) is 9.30. The first kappa shape index (κ1) is 8.38. The number of Topliss-reactive ketones (excluding diaryl/α,β-unsaturated/α-hetero) is 1. The molecule has 12 heavy (non-hydrogen) atoms. The third kappa shape index (κ3) is 1.31. The van der Waals surface area contributed by atoms with Crippen LogP contribution in [-0.4, -0.2) is 26.9 Å². The molecule has 0 aromatic carbocycles. The number of carboxylic acids is 1. The quantitative estimate of drug-likeness (QED) is 0.660. The summed E-state index contributed by atoms with van der Waals surface area (Å²) in [6.45, 7) is 1.17. The fourth-order valence-corrected chi connectivity index (χ4v) is 0.673. The number of hydrogen-bond donors (Lipinski definition) is 1. The average Bonchev–Trinajstić information content (AvgIpc) is 2.30. The van der Waals surface area contributed by atoms with Crippen molar-refractivity contribution < 1.29 is 19.2 Å². The van der Waals surface area contributed by atoms with Gasteiger partial charge in [0.1, 0.15) is 5.69 Å². The van der Waals surface area contributed by atoms with Crippen molar-refractivity contribution in [2.24, 2.45) is 0 Å². The number of ketones is 1. The molecule has 6 heteroatoms. The molecule has 1 N–H and O–H groups in total. The zero-order valence-electron chi connectivity index (χ0n) is 6.11. The van der Waals surface area contributed by atoms with Crippen molar-refractivity contribution in [1.29, 1.82) is 0 Å². The third-order valence-corrected chi connectivity index (χ3v) is 1.25. The highest BCUT2D eigenvalue weighted by Gasteiger charge is 2.15. The van der Waals surface area contributed by atoms with Crippen molar-refractivity contribution >= 4 is 11.8 Å². The van der Waals surface area contributed by atoms with Gasteiger partial charge >= 0.3 is 5.97 Å². The van der Waals surface area contributed by atoms with Gasteiger partial charge in [0.2, 0.25) is 0 Å². The normalized spacial score (nSPS) is 9.83. The molecule has 0 fully saturated rings. The Morgan fingerprint density at radius 3 is 2.50 bits per heavy atom. The Morgan fingerprint density at radius 1 is 1.67 bits per heavy atom. The van der Waals surface area contributed by atoms with Crippen LogP contribution in [0.3, 0.4) is 0 Å². The zero-order valence-corrected chi connectivity index (χ0v) is 6.11. The van der Waals surface area contributed by atoms with Crippen LogP contribution in [0.1, 0.15) is 27.9 Å². The second kappa shape index (κ2) is 2.72. The van der Waals surface area contributed by atoms with E-state index >= 15 is 0 Å². The maximum atomic E-state index is 12.5. The van der Waals surface area contributed by atoms with Crippen LogP contribution in [0.5, 0.6) is 0 Å². The molecule has 0 aliphatic rings. The topological polar surface area (TPSA) is 72.2 Å². The summed E-state index contributed by atoms with van der Waals surface area (Å²) in [5, 5.41) is 11.4. The van der Waals surface area contributed by atoms with Crippen LogP contribution in [0, 0.1) is 0 Å². The van der Waals surface area contributed by atoms with Gasteiger partial charge in [0.25, 0.3) is 0 Å². The fraction of sp³-hybridized carbons (Fsp3) is 0.167. The summed E-state index contributed by atoms with van der Waals surface area (Å²) in [6.07, 6.45) is 0. The summed E-state index contributed by atoms with van der Waals surface area (Å²) in [5.74, 6) is -1.94. The van der Waals surface area contributed by atoms with Gasteiger partial charge in [-0.25, -0.2) is 4.79 Å². The number of halogens is 1. The standard InChI is InChI=1S/C6H5FN2O3/c1-3(10)4-2-5(6(11)12)9(7)8-4/h2H,1H3,(H,11,12). The van der Waals surface area contributed by atoms with Gasteiger partial charge in [0.05, 0.1) is 0 Å². The molecule has 1 rings (SSSR count). The molecule has 64 valence electrons. The molecular formula is C6H5FN2O3. The Kier molecular flexibility index (Phi) is 1.90. The molecule has 0 spiro atoms. The molecule has 0 saturated carbocycles. The van der Waals surface area contributed by atoms with Crippen molar-refractivity contribution in [3.63, 3.8) is 0 Å². The van der Waals surface area contributed by atoms with Crippen LogP contribution >= 0.6 is 0 Å².